The molecule has 336 valence electrons. The van der Waals surface area contributed by atoms with Gasteiger partial charge in [-0.15, -0.1) is 11.3 Å². The predicted octanol–water partition coefficient (Wildman–Crippen LogP) is 18.2. The summed E-state index contributed by atoms with van der Waals surface area (Å²) >= 11 is 1.86. The average Bonchev–Trinajstić information content (AvgIpc) is 3.93. The molecule has 0 saturated heterocycles. The van der Waals surface area contributed by atoms with E-state index in [4.69, 9.17) is 0 Å². The third kappa shape index (κ3) is 7.55. The lowest BCUT2D eigenvalue weighted by atomic mass is 9.87. The molecule has 0 aliphatic carbocycles. The first-order valence-corrected chi connectivity index (χ1v) is 24.8. The molecule has 12 aromatic rings. The van der Waals surface area contributed by atoms with Gasteiger partial charge in [-0.3, -0.25) is 0 Å². The molecule has 0 unspecified atom stereocenters. The summed E-state index contributed by atoms with van der Waals surface area (Å²) in [7, 11) is 0. The quantitative estimate of drug-likeness (QED) is 0.162. The summed E-state index contributed by atoms with van der Waals surface area (Å²) in [6.07, 6.45) is 2.35. The predicted molar refractivity (Wildman–Crippen MR) is 297 cm³/mol. The Morgan fingerprint density at radius 1 is 0.391 bits per heavy atom. The minimum absolute atomic E-state index is 0.00650. The molecule has 4 nitrogen and oxygen atoms in total. The zero-order valence-electron chi connectivity index (χ0n) is 40.0. The van der Waals surface area contributed by atoms with Crippen LogP contribution in [0.4, 0.5) is 17.1 Å². The Morgan fingerprint density at radius 3 is 1.74 bits per heavy atom. The van der Waals surface area contributed by atoms with E-state index in [1.165, 1.54) is 42.2 Å². The summed E-state index contributed by atoms with van der Waals surface area (Å²) in [4.78, 5) is 2.46. The fourth-order valence-electron chi connectivity index (χ4n) is 10.2. The van der Waals surface area contributed by atoms with Gasteiger partial charge in [-0.25, -0.2) is 0 Å². The first-order valence-electron chi connectivity index (χ1n) is 24.0. The maximum absolute atomic E-state index is 2.46. The summed E-state index contributed by atoms with van der Waals surface area (Å²) in [5, 5.41) is 3.73. The van der Waals surface area contributed by atoms with E-state index in [0.29, 0.717) is 0 Å². The molecular formula is C64H54N4S. The Morgan fingerprint density at radius 2 is 0.986 bits per heavy atom. The van der Waals surface area contributed by atoms with Gasteiger partial charge >= 0.3 is 0 Å². The van der Waals surface area contributed by atoms with Crippen LogP contribution in [0.1, 0.15) is 52.7 Å². The number of nitrogens with zero attached hydrogens (tertiary/aromatic N) is 4. The lowest BCUT2D eigenvalue weighted by molar-refractivity contribution is 0.590. The molecule has 6 bridgehead atoms. The van der Waals surface area contributed by atoms with Crippen LogP contribution < -0.4 is 4.90 Å². The van der Waals surface area contributed by atoms with Gasteiger partial charge in [-0.2, -0.15) is 0 Å². The number of hydrogen-bond donors (Lipinski definition) is 0. The smallest absolute Gasteiger partial charge is 0.0721 e. The van der Waals surface area contributed by atoms with E-state index in [1.807, 2.05) is 11.3 Å². The highest BCUT2D eigenvalue weighted by Crippen LogP contribution is 2.43. The van der Waals surface area contributed by atoms with Gasteiger partial charge in [0.1, 0.15) is 0 Å². The number of rotatable bonds is 6. The van der Waals surface area contributed by atoms with Crippen molar-refractivity contribution in [1.82, 2.24) is 13.5 Å². The lowest BCUT2D eigenvalue weighted by Crippen LogP contribution is -2.14. The third-order valence-corrected chi connectivity index (χ3v) is 14.9. The third-order valence-electron chi connectivity index (χ3n) is 13.8. The van der Waals surface area contributed by atoms with Crippen molar-refractivity contribution < 1.29 is 0 Å². The number of benzene rings is 9. The van der Waals surface area contributed by atoms with Crippen molar-refractivity contribution in [3.8, 4) is 22.5 Å². The number of anilines is 3. The molecule has 0 saturated carbocycles. The summed E-state index contributed by atoms with van der Waals surface area (Å²) in [6.45, 7) is 13.7. The van der Waals surface area contributed by atoms with Crippen molar-refractivity contribution in [2.24, 2.45) is 0 Å². The highest BCUT2D eigenvalue weighted by atomic mass is 32.1. The Labute approximate surface area is 407 Å². The molecule has 9 aromatic carbocycles. The molecule has 3 aromatic heterocycles. The SMILES string of the molecule is CC(C)(C)c1ccc(N(c2cc3cc(c2)n2cc(c4ccccc42)n(-c2ccc4sc5ccccc5c4c2)c2cccc(c2)n3-c2ccc(C(C)(C)C)cc2)c2ccccc2-c2ccccc2)cc1. The Kier molecular flexibility index (Phi) is 10.1. The van der Waals surface area contributed by atoms with Crippen molar-refractivity contribution in [3.63, 3.8) is 0 Å². The molecule has 0 aliphatic heterocycles. The monoisotopic (exact) mass is 910 g/mol. The molecule has 0 spiro atoms. The number of aromatic nitrogens is 3. The van der Waals surface area contributed by atoms with Gasteiger partial charge in [0.2, 0.25) is 0 Å². The zero-order chi connectivity index (χ0) is 47.0. The van der Waals surface area contributed by atoms with Crippen LogP contribution >= 0.6 is 11.3 Å². The van der Waals surface area contributed by atoms with Crippen LogP contribution in [0.3, 0.4) is 0 Å². The second-order valence-corrected chi connectivity index (χ2v) is 21.5. The van der Waals surface area contributed by atoms with Crippen molar-refractivity contribution in [3.05, 3.63) is 230 Å². The molecule has 69 heavy (non-hydrogen) atoms. The molecule has 0 fully saturated rings. The topological polar surface area (TPSA) is 17.5 Å². The lowest BCUT2D eigenvalue weighted by Gasteiger charge is -2.29. The highest BCUT2D eigenvalue weighted by molar-refractivity contribution is 7.25. The maximum Gasteiger partial charge on any atom is 0.0721 e. The van der Waals surface area contributed by atoms with Crippen LogP contribution in [0.25, 0.3) is 81.2 Å². The minimum Gasteiger partial charge on any atom is -0.314 e. The molecule has 0 aliphatic rings. The largest absolute Gasteiger partial charge is 0.314 e. The summed E-state index contributed by atoms with van der Waals surface area (Å²) in [6, 6.07) is 78.8. The second-order valence-electron chi connectivity index (χ2n) is 20.4. The van der Waals surface area contributed by atoms with Crippen molar-refractivity contribution in [1.29, 1.82) is 0 Å². The number of thiophene rings is 1. The standard InChI is InChI=1S/C64H54N4S/c1-63(2,3)44-27-31-46(32-28-44)66-48-19-16-20-49(37-48)68(50-35-36-62-57(41-50)55-22-12-15-26-61(55)69-62)60-42-65(58-24-13-11-23-56(58)60)51-38-52(66)40-53(39-51)67(47-33-29-45(30-34-47)64(4,5)6)59-25-14-10-21-54(59)43-17-8-7-9-18-43/h7-42H,1-6H3. The first kappa shape index (κ1) is 42.5. The van der Waals surface area contributed by atoms with E-state index >= 15 is 0 Å². The normalized spacial score (nSPS) is 12.2. The van der Waals surface area contributed by atoms with Gasteiger partial charge in [0.25, 0.3) is 0 Å². The van der Waals surface area contributed by atoms with Gasteiger partial charge in [0, 0.05) is 70.9 Å². The van der Waals surface area contributed by atoms with E-state index in [-0.39, 0.29) is 10.8 Å². The number of hydrogen-bond acceptors (Lipinski definition) is 2. The van der Waals surface area contributed by atoms with E-state index in [9.17, 15) is 0 Å². The van der Waals surface area contributed by atoms with E-state index in [2.05, 4.69) is 278 Å². The van der Waals surface area contributed by atoms with Gasteiger partial charge < -0.3 is 18.4 Å². The van der Waals surface area contributed by atoms with Crippen molar-refractivity contribution >= 4 is 87.1 Å². The van der Waals surface area contributed by atoms with Crippen molar-refractivity contribution in [2.75, 3.05) is 4.90 Å². The van der Waals surface area contributed by atoms with Crippen LogP contribution in [0.2, 0.25) is 0 Å². The number of fused-ring (bicyclic) bond motifs is 13. The zero-order valence-corrected chi connectivity index (χ0v) is 40.8. The van der Waals surface area contributed by atoms with Crippen molar-refractivity contribution in [2.45, 2.75) is 52.4 Å². The summed E-state index contributed by atoms with van der Waals surface area (Å²) < 4.78 is 9.89. The number of para-hydroxylation sites is 2. The minimum atomic E-state index is 0.00650. The molecular weight excluding hydrogens is 857 g/mol. The maximum atomic E-state index is 2.46. The second kappa shape index (κ2) is 16.4. The van der Waals surface area contributed by atoms with Crippen LogP contribution in [-0.4, -0.2) is 13.5 Å². The first-order chi connectivity index (χ1) is 33.5. The van der Waals surface area contributed by atoms with E-state index in [0.717, 1.165) is 67.1 Å². The highest BCUT2D eigenvalue weighted by Gasteiger charge is 2.22. The van der Waals surface area contributed by atoms with Crippen LogP contribution in [-0.2, 0) is 10.8 Å². The molecule has 0 N–H and O–H groups in total. The molecule has 0 atom stereocenters. The average molecular weight is 911 g/mol. The Bertz CT molecular complexity index is 3960. The van der Waals surface area contributed by atoms with Gasteiger partial charge in [0.15, 0.2) is 0 Å². The van der Waals surface area contributed by atoms with E-state index < -0.39 is 0 Å². The fraction of sp³-hybridized carbons (Fsp3) is 0.125. The van der Waals surface area contributed by atoms with Gasteiger partial charge in [-0.05, 0) is 125 Å². The van der Waals surface area contributed by atoms with E-state index in [1.54, 1.807) is 0 Å². The Balaban J connectivity index is 1.24. The van der Waals surface area contributed by atoms with Crippen LogP contribution in [0.5, 0.6) is 0 Å². The van der Waals surface area contributed by atoms with Crippen LogP contribution in [0, 0.1) is 0 Å². The van der Waals surface area contributed by atoms with Gasteiger partial charge in [0.05, 0.1) is 27.9 Å². The summed E-state index contributed by atoms with van der Waals surface area (Å²) in [5.74, 6) is 0. The molecule has 12 rings (SSSR count). The molecule has 0 radical (unpaired) electrons. The Hall–Kier alpha value is -7.86. The molecule has 3 heterocycles. The van der Waals surface area contributed by atoms with Crippen LogP contribution in [0.15, 0.2) is 219 Å². The molecule has 5 heteroatoms. The fourth-order valence-corrected chi connectivity index (χ4v) is 11.3. The molecule has 0 amide bonds. The van der Waals surface area contributed by atoms with Gasteiger partial charge in [-0.1, -0.05) is 157 Å². The summed E-state index contributed by atoms with van der Waals surface area (Å²) in [5.41, 5.74) is 16.9.